The van der Waals surface area contributed by atoms with Gasteiger partial charge in [-0.1, -0.05) is 94.2 Å². The number of amides is 2. The Morgan fingerprint density at radius 2 is 1.29 bits per heavy atom. The Hall–Kier alpha value is -1.99. The van der Waals surface area contributed by atoms with Gasteiger partial charge in [-0.2, -0.15) is 0 Å². The van der Waals surface area contributed by atoms with E-state index in [1.54, 1.807) is 0 Å². The third kappa shape index (κ3) is 2.62. The summed E-state index contributed by atoms with van der Waals surface area (Å²) in [5, 5.41) is 0. The van der Waals surface area contributed by atoms with Crippen LogP contribution in [0.4, 0.5) is 0 Å². The van der Waals surface area contributed by atoms with Crippen molar-refractivity contribution in [1.82, 2.24) is 4.90 Å². The van der Waals surface area contributed by atoms with Crippen molar-refractivity contribution in [2.24, 2.45) is 17.8 Å². The van der Waals surface area contributed by atoms with Gasteiger partial charge in [-0.15, -0.1) is 0 Å². The Morgan fingerprint density at radius 3 is 1.65 bits per heavy atom. The van der Waals surface area contributed by atoms with Gasteiger partial charge in [-0.25, -0.2) is 0 Å². The Morgan fingerprint density at radius 1 is 0.903 bits per heavy atom. The van der Waals surface area contributed by atoms with E-state index in [0.29, 0.717) is 0 Å². The fourth-order valence-corrected chi connectivity index (χ4v) is 7.62. The van der Waals surface area contributed by atoms with E-state index in [1.165, 1.54) is 0 Å². The molecule has 2 aromatic carbocycles. The summed E-state index contributed by atoms with van der Waals surface area (Å²) in [7, 11) is 0. The van der Waals surface area contributed by atoms with E-state index < -0.39 is 26.5 Å². The van der Waals surface area contributed by atoms with E-state index in [9.17, 15) is 14.4 Å². The summed E-state index contributed by atoms with van der Waals surface area (Å²) in [6, 6.07) is 15.8. The lowest BCUT2D eigenvalue weighted by molar-refractivity contribution is -0.153. The molecule has 31 heavy (non-hydrogen) atoms. The highest BCUT2D eigenvalue weighted by Gasteiger charge is 2.72. The summed E-state index contributed by atoms with van der Waals surface area (Å²) < 4.78 is 3.56. The summed E-state index contributed by atoms with van der Waals surface area (Å²) in [6.07, 6.45) is 0. The number of likely N-dealkylation sites (tertiary alicyclic amines) is 1. The van der Waals surface area contributed by atoms with E-state index in [0.717, 1.165) is 27.2 Å². The summed E-state index contributed by atoms with van der Waals surface area (Å²) in [6.45, 7) is 3.76. The molecule has 0 unspecified atom stereocenters. The van der Waals surface area contributed by atoms with Crippen LogP contribution in [0.2, 0.25) is 0 Å². The first kappa shape index (κ1) is 20.9. The quantitative estimate of drug-likeness (QED) is 0.329. The van der Waals surface area contributed by atoms with E-state index >= 15 is 0 Å². The second-order valence-electron chi connectivity index (χ2n) is 8.81. The largest absolute Gasteiger partial charge is 0.464 e. The van der Waals surface area contributed by atoms with E-state index in [-0.39, 0.29) is 30.9 Å². The van der Waals surface area contributed by atoms with Gasteiger partial charge in [0.1, 0.15) is 6.54 Å². The minimum atomic E-state index is -0.844. The number of alkyl halides is 2. The second-order valence-corrected chi connectivity index (χ2v) is 11.3. The predicted molar refractivity (Wildman–Crippen MR) is 122 cm³/mol. The molecule has 6 rings (SSSR count). The first-order valence-corrected chi connectivity index (χ1v) is 11.9. The van der Waals surface area contributed by atoms with Crippen molar-refractivity contribution in [2.45, 2.75) is 22.5 Å². The Kier molecular flexibility index (Phi) is 4.72. The van der Waals surface area contributed by atoms with Crippen LogP contribution >= 0.6 is 31.9 Å². The summed E-state index contributed by atoms with van der Waals surface area (Å²) >= 11 is 7.87. The molecule has 1 heterocycles. The minimum Gasteiger partial charge on any atom is -0.464 e. The van der Waals surface area contributed by atoms with Gasteiger partial charge in [0.25, 0.3) is 0 Å². The number of hydrogen-bond donors (Lipinski definition) is 0. The zero-order valence-corrected chi connectivity index (χ0v) is 20.3. The van der Waals surface area contributed by atoms with Crippen LogP contribution < -0.4 is 0 Å². The molecular weight excluding hydrogens is 526 g/mol. The summed E-state index contributed by atoms with van der Waals surface area (Å²) in [5.41, 5.74) is 3.88. The number of carbonyl (C=O) groups excluding carboxylic acids is 3. The average molecular weight is 547 g/mol. The lowest BCUT2D eigenvalue weighted by Gasteiger charge is -2.55. The molecule has 0 N–H and O–H groups in total. The van der Waals surface area contributed by atoms with E-state index in [4.69, 9.17) is 4.74 Å². The van der Waals surface area contributed by atoms with Gasteiger partial charge in [0.05, 0.1) is 27.1 Å². The molecule has 1 fully saturated rings. The molecule has 2 atom stereocenters. The maximum absolute atomic E-state index is 13.6. The van der Waals surface area contributed by atoms with E-state index in [2.05, 4.69) is 31.9 Å². The van der Waals surface area contributed by atoms with Crippen molar-refractivity contribution in [3.05, 3.63) is 70.8 Å². The smallest absolute Gasteiger partial charge is 0.326 e. The molecule has 0 aromatic heterocycles. The number of imide groups is 1. The Balaban J connectivity index is 1.64. The van der Waals surface area contributed by atoms with Gasteiger partial charge in [-0.05, 0) is 28.2 Å². The first-order chi connectivity index (χ1) is 14.7. The molecule has 0 radical (unpaired) electrons. The van der Waals surface area contributed by atoms with Crippen molar-refractivity contribution in [3.8, 4) is 0 Å². The fraction of sp³-hybridized carbons (Fsp3) is 0.375. The lowest BCUT2D eigenvalue weighted by Crippen LogP contribution is -2.56. The van der Waals surface area contributed by atoms with Crippen molar-refractivity contribution in [1.29, 1.82) is 0 Å². The number of rotatable bonds is 4. The molecule has 2 amide bonds. The molecule has 1 saturated heterocycles. The van der Waals surface area contributed by atoms with Gasteiger partial charge >= 0.3 is 5.97 Å². The van der Waals surface area contributed by atoms with Gasteiger partial charge in [0.15, 0.2) is 0 Å². The highest BCUT2D eigenvalue weighted by Crippen LogP contribution is 2.70. The Labute approximate surface area is 197 Å². The van der Waals surface area contributed by atoms with Crippen LogP contribution in [0.1, 0.15) is 36.1 Å². The van der Waals surface area contributed by atoms with Gasteiger partial charge in [0, 0.05) is 0 Å². The normalized spacial score (nSPS) is 30.3. The molecule has 3 aliphatic carbocycles. The van der Waals surface area contributed by atoms with Crippen molar-refractivity contribution < 1.29 is 19.1 Å². The van der Waals surface area contributed by atoms with E-state index in [1.807, 2.05) is 62.4 Å². The second kappa shape index (κ2) is 7.01. The number of hydrogen-bond acceptors (Lipinski definition) is 4. The molecule has 2 bridgehead atoms. The third-order valence-electron chi connectivity index (χ3n) is 6.54. The van der Waals surface area contributed by atoms with Crippen molar-refractivity contribution in [2.75, 3.05) is 13.2 Å². The van der Waals surface area contributed by atoms with Crippen LogP contribution in [0.15, 0.2) is 48.5 Å². The Bertz CT molecular complexity index is 1010. The van der Waals surface area contributed by atoms with Gasteiger partial charge in [-0.3, -0.25) is 19.3 Å². The summed E-state index contributed by atoms with van der Waals surface area (Å²) in [4.78, 5) is 40.7. The van der Waals surface area contributed by atoms with Crippen LogP contribution in [-0.4, -0.2) is 35.8 Å². The third-order valence-corrected chi connectivity index (χ3v) is 9.24. The molecular formula is C24H21Br2NO4. The highest BCUT2D eigenvalue weighted by atomic mass is 79.9. The molecule has 0 spiro atoms. The van der Waals surface area contributed by atoms with Crippen LogP contribution in [0.25, 0.3) is 0 Å². The number of carbonyl (C=O) groups is 3. The molecule has 5 nitrogen and oxygen atoms in total. The SMILES string of the molecule is CC(C)COC(=O)CN1C(=O)[C@@H]2[C@H](C1=O)C1(Br)c3ccccc3C2(Br)c2ccccc21. The monoisotopic (exact) mass is 545 g/mol. The summed E-state index contributed by atoms with van der Waals surface area (Å²) in [5.74, 6) is -2.41. The topological polar surface area (TPSA) is 63.7 Å². The van der Waals surface area contributed by atoms with Crippen molar-refractivity contribution >= 4 is 49.6 Å². The first-order valence-electron chi connectivity index (χ1n) is 10.3. The van der Waals surface area contributed by atoms with Crippen LogP contribution in [-0.2, 0) is 27.8 Å². The maximum Gasteiger partial charge on any atom is 0.326 e. The maximum atomic E-state index is 13.6. The van der Waals surface area contributed by atoms with Gasteiger partial charge < -0.3 is 4.74 Å². The zero-order valence-electron chi connectivity index (χ0n) is 17.1. The number of benzene rings is 2. The average Bonchev–Trinajstić information content (AvgIpc) is 3.02. The molecule has 1 aliphatic heterocycles. The molecule has 160 valence electrons. The predicted octanol–water partition coefficient (Wildman–Crippen LogP) is 4.09. The highest BCUT2D eigenvalue weighted by molar-refractivity contribution is 9.10. The molecule has 2 aromatic rings. The van der Waals surface area contributed by atoms with Crippen molar-refractivity contribution in [3.63, 3.8) is 0 Å². The number of nitrogens with zero attached hydrogens (tertiary/aromatic N) is 1. The minimum absolute atomic E-state index is 0.174. The molecule has 7 heteroatoms. The van der Waals surface area contributed by atoms with Gasteiger partial charge in [0.2, 0.25) is 11.8 Å². The van der Waals surface area contributed by atoms with Crippen LogP contribution in [0, 0.1) is 17.8 Å². The van der Waals surface area contributed by atoms with Crippen LogP contribution in [0.5, 0.6) is 0 Å². The number of esters is 1. The molecule has 4 aliphatic rings. The lowest BCUT2D eigenvalue weighted by atomic mass is 9.54. The van der Waals surface area contributed by atoms with Crippen LogP contribution in [0.3, 0.4) is 0 Å². The zero-order chi connectivity index (χ0) is 22.1. The standard InChI is InChI=1S/C24H21Br2NO4/c1-13(2)12-31-18(28)11-27-21(29)19-20(22(27)30)24(26)15-8-4-3-7-14(15)23(19,25)16-9-5-6-10-17(16)24/h3-10,13,19-20H,11-12H2,1-2H3/t19-,20+,23?,24?. The number of halogens is 2. The fourth-order valence-electron chi connectivity index (χ4n) is 5.31. The number of ether oxygens (including phenoxy) is 1. The molecule has 0 saturated carbocycles.